The van der Waals surface area contributed by atoms with Crippen LogP contribution in [0.15, 0.2) is 0 Å². The van der Waals surface area contributed by atoms with E-state index in [9.17, 15) is 0 Å². The van der Waals surface area contributed by atoms with E-state index < -0.39 is 0 Å². The SMILES string of the molecule is C[C@H]([C]1[CH][CH][CH][C]1[C]1[CH][CH][CH][C]1[C@@H](C)P(C)C)P(C)C. The van der Waals surface area contributed by atoms with Crippen molar-refractivity contribution >= 4 is 15.8 Å². The Morgan fingerprint density at radius 2 is 1.00 bits per heavy atom. The van der Waals surface area contributed by atoms with Gasteiger partial charge in [-0.3, -0.25) is 0 Å². The van der Waals surface area contributed by atoms with Crippen LogP contribution in [0.2, 0.25) is 0 Å². The highest BCUT2D eigenvalue weighted by atomic mass is 31.1. The molecule has 2 aliphatic carbocycles. The molecule has 0 heterocycles. The third-order valence-corrected chi connectivity index (χ3v) is 8.09. The van der Waals surface area contributed by atoms with Gasteiger partial charge in [-0.2, -0.15) is 0 Å². The maximum absolute atomic E-state index is 2.38. The molecule has 0 spiro atoms. The first-order valence-electron chi connectivity index (χ1n) is 7.28. The molecule has 0 aliphatic heterocycles. The third-order valence-electron chi connectivity index (χ3n) is 4.44. The predicted octanol–water partition coefficient (Wildman–Crippen LogP) is 4.80. The standard InChI is InChI=1S/C18H26P2/c1-13(19(3)4)15-9-7-11-17(15)18-12-8-10-16(18)14(2)20(5)6/h7-14H,1-6H3/t13-,14-/m1/s1. The van der Waals surface area contributed by atoms with Crippen LogP contribution in [0.5, 0.6) is 0 Å². The maximum atomic E-state index is 2.38. The van der Waals surface area contributed by atoms with Gasteiger partial charge in [0.1, 0.15) is 0 Å². The molecule has 108 valence electrons. The zero-order chi connectivity index (χ0) is 14.9. The van der Waals surface area contributed by atoms with Crippen molar-refractivity contribution in [3.05, 3.63) is 62.2 Å². The summed E-state index contributed by atoms with van der Waals surface area (Å²) in [6, 6.07) is 0. The number of rotatable bonds is 5. The van der Waals surface area contributed by atoms with E-state index in [1.165, 1.54) is 23.7 Å². The number of hydrogen-bond acceptors (Lipinski definition) is 0. The number of hydrogen-bond donors (Lipinski definition) is 0. The van der Waals surface area contributed by atoms with Gasteiger partial charge in [0.15, 0.2) is 0 Å². The monoisotopic (exact) mass is 304 g/mol. The van der Waals surface area contributed by atoms with Gasteiger partial charge < -0.3 is 0 Å². The normalized spacial score (nSPS) is 27.0. The molecule has 0 bridgehead atoms. The summed E-state index contributed by atoms with van der Waals surface area (Å²) in [5.74, 6) is 6.02. The largest absolute Gasteiger partial charge is 0.110 e. The Morgan fingerprint density at radius 1 is 0.650 bits per heavy atom. The lowest BCUT2D eigenvalue weighted by molar-refractivity contribution is 0.857. The molecule has 2 rings (SSSR count). The van der Waals surface area contributed by atoms with Crippen molar-refractivity contribution < 1.29 is 0 Å². The van der Waals surface area contributed by atoms with Gasteiger partial charge in [0.25, 0.3) is 0 Å². The Hall–Kier alpha value is 0.860. The average Bonchev–Trinajstić information content (AvgIpc) is 3.04. The molecule has 10 radical (unpaired) electrons. The quantitative estimate of drug-likeness (QED) is 0.640. The molecular weight excluding hydrogens is 278 g/mol. The van der Waals surface area contributed by atoms with Crippen LogP contribution >= 0.6 is 15.8 Å². The lowest BCUT2D eigenvalue weighted by Gasteiger charge is -2.36. The smallest absolute Gasteiger partial charge is 0.00502 e. The molecule has 0 aromatic carbocycles. The first-order valence-corrected chi connectivity index (χ1v) is 11.9. The molecule has 0 saturated heterocycles. The minimum atomic E-state index is 0.0623. The lowest BCUT2D eigenvalue weighted by Crippen LogP contribution is -2.27. The van der Waals surface area contributed by atoms with E-state index in [1.54, 1.807) is 0 Å². The predicted molar refractivity (Wildman–Crippen MR) is 95.2 cm³/mol. The van der Waals surface area contributed by atoms with E-state index in [0.29, 0.717) is 11.3 Å². The zero-order valence-corrected chi connectivity index (χ0v) is 15.3. The molecule has 2 atom stereocenters. The molecule has 0 aromatic rings. The van der Waals surface area contributed by atoms with Crippen molar-refractivity contribution in [2.45, 2.75) is 25.2 Å². The highest BCUT2D eigenvalue weighted by Gasteiger charge is 2.46. The van der Waals surface area contributed by atoms with Crippen LogP contribution in [0.4, 0.5) is 0 Å². The van der Waals surface area contributed by atoms with Crippen LogP contribution < -0.4 is 0 Å². The van der Waals surface area contributed by atoms with Crippen molar-refractivity contribution in [3.8, 4) is 0 Å². The van der Waals surface area contributed by atoms with Crippen LogP contribution in [0.1, 0.15) is 13.8 Å². The van der Waals surface area contributed by atoms with Gasteiger partial charge in [0.05, 0.1) is 0 Å². The summed E-state index contributed by atoms with van der Waals surface area (Å²) < 4.78 is 0. The van der Waals surface area contributed by atoms with Gasteiger partial charge in [-0.25, -0.2) is 0 Å². The molecule has 0 amide bonds. The topological polar surface area (TPSA) is 0 Å². The van der Waals surface area contributed by atoms with Gasteiger partial charge in [0.2, 0.25) is 0 Å². The van der Waals surface area contributed by atoms with E-state index in [4.69, 9.17) is 0 Å². The molecule has 2 heteroatoms. The molecule has 0 aromatic heterocycles. The van der Waals surface area contributed by atoms with E-state index in [0.717, 1.165) is 0 Å². The van der Waals surface area contributed by atoms with E-state index in [2.05, 4.69) is 79.0 Å². The summed E-state index contributed by atoms with van der Waals surface area (Å²) in [6.07, 6.45) is 13.7. The van der Waals surface area contributed by atoms with Crippen molar-refractivity contribution in [2.24, 2.45) is 0 Å². The summed E-state index contributed by atoms with van der Waals surface area (Å²) in [4.78, 5) is 0. The minimum absolute atomic E-state index is 0.0623. The Kier molecular flexibility index (Phi) is 6.39. The lowest BCUT2D eigenvalue weighted by atomic mass is 9.76. The second-order valence-corrected chi connectivity index (χ2v) is 11.5. The Labute approximate surface area is 130 Å². The summed E-state index contributed by atoms with van der Waals surface area (Å²) in [5.41, 5.74) is 1.36. The fourth-order valence-electron chi connectivity index (χ4n) is 2.64. The summed E-state index contributed by atoms with van der Waals surface area (Å²) in [7, 11) is 0.125. The molecule has 0 nitrogen and oxygen atoms in total. The van der Waals surface area contributed by atoms with Gasteiger partial charge >= 0.3 is 0 Å². The molecular formula is C18H26P2. The van der Waals surface area contributed by atoms with Gasteiger partial charge in [-0.1, -0.05) is 13.8 Å². The van der Waals surface area contributed by atoms with Gasteiger partial charge in [-0.05, 0) is 100 Å². The second-order valence-electron chi connectivity index (χ2n) is 6.07. The van der Waals surface area contributed by atoms with E-state index in [-0.39, 0.29) is 15.8 Å². The first-order chi connectivity index (χ1) is 9.43. The summed E-state index contributed by atoms with van der Waals surface area (Å²) in [6.45, 7) is 14.3. The average molecular weight is 304 g/mol. The van der Waals surface area contributed by atoms with Crippen LogP contribution in [0, 0.1) is 62.2 Å². The Balaban J connectivity index is 2.08. The van der Waals surface area contributed by atoms with Crippen LogP contribution in [0.3, 0.4) is 0 Å². The molecule has 2 aliphatic rings. The Morgan fingerprint density at radius 3 is 1.30 bits per heavy atom. The van der Waals surface area contributed by atoms with Crippen molar-refractivity contribution in [2.75, 3.05) is 26.7 Å². The van der Waals surface area contributed by atoms with Crippen LogP contribution in [0.25, 0.3) is 0 Å². The van der Waals surface area contributed by atoms with Gasteiger partial charge in [0, 0.05) is 0 Å². The molecule has 20 heavy (non-hydrogen) atoms. The first kappa shape index (κ1) is 17.2. The van der Waals surface area contributed by atoms with Crippen molar-refractivity contribution in [1.82, 2.24) is 0 Å². The highest BCUT2D eigenvalue weighted by Crippen LogP contribution is 2.57. The summed E-state index contributed by atoms with van der Waals surface area (Å²) in [5, 5.41) is 0. The Bertz CT molecular complexity index is 270. The van der Waals surface area contributed by atoms with Gasteiger partial charge in [-0.15, -0.1) is 15.8 Å². The molecule has 0 N–H and O–H groups in total. The fraction of sp³-hybridized carbons (Fsp3) is 0.444. The fourth-order valence-corrected chi connectivity index (χ4v) is 4.21. The van der Waals surface area contributed by atoms with Crippen molar-refractivity contribution in [1.29, 1.82) is 0 Å². The third kappa shape index (κ3) is 3.60. The minimum Gasteiger partial charge on any atom is -0.110 e. The summed E-state index contributed by atoms with van der Waals surface area (Å²) >= 11 is 0. The molecule has 2 fully saturated rings. The maximum Gasteiger partial charge on any atom is -0.00502 e. The highest BCUT2D eigenvalue weighted by molar-refractivity contribution is 7.57. The second kappa shape index (κ2) is 7.42. The molecule has 2 saturated carbocycles. The van der Waals surface area contributed by atoms with Crippen LogP contribution in [-0.2, 0) is 0 Å². The zero-order valence-electron chi connectivity index (χ0n) is 13.5. The van der Waals surface area contributed by atoms with E-state index in [1.807, 2.05) is 0 Å². The van der Waals surface area contributed by atoms with Crippen molar-refractivity contribution in [3.63, 3.8) is 0 Å². The van der Waals surface area contributed by atoms with Crippen LogP contribution in [-0.4, -0.2) is 38.0 Å². The molecule has 0 unspecified atom stereocenters. The van der Waals surface area contributed by atoms with E-state index >= 15 is 0 Å².